The van der Waals surface area contributed by atoms with Crippen molar-refractivity contribution >= 4 is 18.3 Å². The van der Waals surface area contributed by atoms with Gasteiger partial charge in [0.05, 0.1) is 5.92 Å². The molecule has 114 valence electrons. The Morgan fingerprint density at radius 1 is 1.35 bits per heavy atom. The molecule has 3 nitrogen and oxygen atoms in total. The molecule has 0 spiro atoms. The minimum absolute atomic E-state index is 0. The minimum Gasteiger partial charge on any atom is -0.352 e. The predicted molar refractivity (Wildman–Crippen MR) is 82.5 cm³/mol. The lowest BCUT2D eigenvalue weighted by atomic mass is 9.98. The lowest BCUT2D eigenvalue weighted by molar-refractivity contribution is -0.122. The monoisotopic (exact) mass is 302 g/mol. The van der Waals surface area contributed by atoms with Crippen molar-refractivity contribution in [1.82, 2.24) is 5.32 Å². The Morgan fingerprint density at radius 3 is 2.50 bits per heavy atom. The van der Waals surface area contributed by atoms with Crippen LogP contribution in [-0.4, -0.2) is 18.5 Å². The zero-order chi connectivity index (χ0) is 14.4. The van der Waals surface area contributed by atoms with Crippen molar-refractivity contribution in [3.63, 3.8) is 0 Å². The summed E-state index contributed by atoms with van der Waals surface area (Å²) in [5.41, 5.74) is 6.34. The van der Waals surface area contributed by atoms with E-state index in [9.17, 15) is 9.18 Å². The molecular formula is C15H24ClFN2O. The maximum atomic E-state index is 13.1. The highest BCUT2D eigenvalue weighted by Crippen LogP contribution is 2.17. The van der Waals surface area contributed by atoms with Gasteiger partial charge in [0.1, 0.15) is 5.82 Å². The van der Waals surface area contributed by atoms with Crippen LogP contribution in [0.2, 0.25) is 0 Å². The van der Waals surface area contributed by atoms with E-state index in [0.717, 1.165) is 6.42 Å². The van der Waals surface area contributed by atoms with Gasteiger partial charge in [-0.15, -0.1) is 12.4 Å². The van der Waals surface area contributed by atoms with Crippen molar-refractivity contribution in [2.45, 2.75) is 39.2 Å². The van der Waals surface area contributed by atoms with E-state index in [0.29, 0.717) is 18.0 Å². The van der Waals surface area contributed by atoms with Crippen LogP contribution >= 0.6 is 12.4 Å². The van der Waals surface area contributed by atoms with Crippen molar-refractivity contribution in [2.75, 3.05) is 6.54 Å². The number of nitrogens with two attached hydrogens (primary N) is 1. The third kappa shape index (κ3) is 5.88. The zero-order valence-corrected chi connectivity index (χ0v) is 13.0. The number of hydrogen-bond acceptors (Lipinski definition) is 2. The molecule has 1 aromatic carbocycles. The van der Waals surface area contributed by atoms with Crippen molar-refractivity contribution in [3.05, 3.63) is 35.6 Å². The van der Waals surface area contributed by atoms with E-state index in [1.165, 1.54) is 12.1 Å². The molecule has 0 bridgehead atoms. The summed E-state index contributed by atoms with van der Waals surface area (Å²) in [7, 11) is 0. The molecule has 0 saturated carbocycles. The van der Waals surface area contributed by atoms with Crippen LogP contribution in [0.15, 0.2) is 24.3 Å². The summed E-state index contributed by atoms with van der Waals surface area (Å²) in [5, 5.41) is 2.93. The summed E-state index contributed by atoms with van der Waals surface area (Å²) in [6.45, 7) is 6.36. The lowest BCUT2D eigenvalue weighted by Crippen LogP contribution is -2.42. The van der Waals surface area contributed by atoms with Gasteiger partial charge in [0.25, 0.3) is 0 Å². The van der Waals surface area contributed by atoms with Crippen LogP contribution in [0.25, 0.3) is 0 Å². The normalized spacial score (nSPS) is 13.5. The summed E-state index contributed by atoms with van der Waals surface area (Å²) in [5.74, 6) is -0.341. The molecule has 0 aliphatic carbocycles. The Morgan fingerprint density at radius 2 is 2.00 bits per heavy atom. The highest BCUT2D eigenvalue weighted by Gasteiger charge is 2.19. The van der Waals surface area contributed by atoms with Crippen LogP contribution in [0.5, 0.6) is 0 Å². The van der Waals surface area contributed by atoms with Gasteiger partial charge in [-0.05, 0) is 37.0 Å². The van der Waals surface area contributed by atoms with Crippen LogP contribution < -0.4 is 11.1 Å². The smallest absolute Gasteiger partial charge is 0.227 e. The highest BCUT2D eigenvalue weighted by atomic mass is 35.5. The number of amides is 1. The molecule has 1 amide bonds. The molecule has 0 aliphatic rings. The SMILES string of the molecule is CC(C)CC(CN)NC(=O)C(C)c1cccc(F)c1.Cl. The van der Waals surface area contributed by atoms with E-state index < -0.39 is 0 Å². The Hall–Kier alpha value is -1.13. The number of halogens is 2. The number of rotatable bonds is 6. The summed E-state index contributed by atoms with van der Waals surface area (Å²) >= 11 is 0. The molecule has 1 aromatic rings. The van der Waals surface area contributed by atoms with Gasteiger partial charge in [-0.1, -0.05) is 26.0 Å². The van der Waals surface area contributed by atoms with Crippen LogP contribution in [0.1, 0.15) is 38.7 Å². The van der Waals surface area contributed by atoms with Gasteiger partial charge in [0.2, 0.25) is 5.91 Å². The molecular weight excluding hydrogens is 279 g/mol. The molecule has 1 rings (SSSR count). The maximum absolute atomic E-state index is 13.1. The molecule has 0 heterocycles. The molecule has 0 aromatic heterocycles. The molecule has 0 fully saturated rings. The molecule has 0 saturated heterocycles. The van der Waals surface area contributed by atoms with E-state index in [1.54, 1.807) is 19.1 Å². The van der Waals surface area contributed by atoms with Gasteiger partial charge < -0.3 is 11.1 Å². The molecule has 20 heavy (non-hydrogen) atoms. The first-order valence-electron chi connectivity index (χ1n) is 6.70. The number of carbonyl (C=O) groups is 1. The summed E-state index contributed by atoms with van der Waals surface area (Å²) < 4.78 is 13.1. The standard InChI is InChI=1S/C15H23FN2O.ClH/c1-10(2)7-14(9-17)18-15(19)11(3)12-5-4-6-13(16)8-12;/h4-6,8,10-11,14H,7,9,17H2,1-3H3,(H,18,19);1H. The molecule has 2 unspecified atom stereocenters. The Kier molecular flexibility index (Phi) is 8.42. The fourth-order valence-corrected chi connectivity index (χ4v) is 2.04. The average molecular weight is 303 g/mol. The lowest BCUT2D eigenvalue weighted by Gasteiger charge is -2.21. The van der Waals surface area contributed by atoms with Crippen molar-refractivity contribution in [1.29, 1.82) is 0 Å². The van der Waals surface area contributed by atoms with Gasteiger partial charge in [-0.3, -0.25) is 4.79 Å². The number of hydrogen-bond donors (Lipinski definition) is 2. The second-order valence-electron chi connectivity index (χ2n) is 5.35. The van der Waals surface area contributed by atoms with Crippen LogP contribution in [0.3, 0.4) is 0 Å². The molecule has 2 atom stereocenters. The van der Waals surface area contributed by atoms with E-state index in [4.69, 9.17) is 5.73 Å². The Balaban J connectivity index is 0.00000361. The molecule has 5 heteroatoms. The van der Waals surface area contributed by atoms with E-state index in [1.807, 2.05) is 0 Å². The van der Waals surface area contributed by atoms with Crippen molar-refractivity contribution < 1.29 is 9.18 Å². The van der Waals surface area contributed by atoms with Gasteiger partial charge in [-0.2, -0.15) is 0 Å². The number of nitrogens with one attached hydrogen (secondary N) is 1. The van der Waals surface area contributed by atoms with Crippen molar-refractivity contribution in [3.8, 4) is 0 Å². The zero-order valence-electron chi connectivity index (χ0n) is 12.2. The summed E-state index contributed by atoms with van der Waals surface area (Å²) in [4.78, 5) is 12.1. The first kappa shape index (κ1) is 18.9. The maximum Gasteiger partial charge on any atom is 0.227 e. The minimum atomic E-state index is -0.378. The predicted octanol–water partition coefficient (Wildman–Crippen LogP) is 2.84. The van der Waals surface area contributed by atoms with Crippen LogP contribution in [0.4, 0.5) is 4.39 Å². The molecule has 3 N–H and O–H groups in total. The quantitative estimate of drug-likeness (QED) is 0.849. The summed E-state index contributed by atoms with van der Waals surface area (Å²) in [6.07, 6.45) is 0.845. The van der Waals surface area contributed by atoms with Gasteiger partial charge in [0, 0.05) is 12.6 Å². The third-order valence-electron chi connectivity index (χ3n) is 3.13. The number of benzene rings is 1. The Bertz CT molecular complexity index is 426. The fourth-order valence-electron chi connectivity index (χ4n) is 2.04. The van der Waals surface area contributed by atoms with Crippen molar-refractivity contribution in [2.24, 2.45) is 11.7 Å². The van der Waals surface area contributed by atoms with E-state index in [-0.39, 0.29) is 36.1 Å². The topological polar surface area (TPSA) is 55.1 Å². The average Bonchev–Trinajstić information content (AvgIpc) is 2.36. The van der Waals surface area contributed by atoms with Crippen LogP contribution in [0, 0.1) is 11.7 Å². The second-order valence-corrected chi connectivity index (χ2v) is 5.35. The van der Waals surface area contributed by atoms with Crippen LogP contribution in [-0.2, 0) is 4.79 Å². The largest absolute Gasteiger partial charge is 0.352 e. The first-order chi connectivity index (χ1) is 8.93. The van der Waals surface area contributed by atoms with Gasteiger partial charge in [0.15, 0.2) is 0 Å². The Labute approximate surface area is 126 Å². The molecule has 0 aliphatic heterocycles. The van der Waals surface area contributed by atoms with E-state index >= 15 is 0 Å². The second kappa shape index (κ2) is 8.93. The van der Waals surface area contributed by atoms with Gasteiger partial charge >= 0.3 is 0 Å². The summed E-state index contributed by atoms with van der Waals surface area (Å²) in [6, 6.07) is 6.11. The fraction of sp³-hybridized carbons (Fsp3) is 0.533. The van der Waals surface area contributed by atoms with E-state index in [2.05, 4.69) is 19.2 Å². The third-order valence-corrected chi connectivity index (χ3v) is 3.13. The van der Waals surface area contributed by atoms with Gasteiger partial charge in [-0.25, -0.2) is 4.39 Å². The molecule has 0 radical (unpaired) electrons. The highest BCUT2D eigenvalue weighted by molar-refractivity contribution is 5.85. The first-order valence-corrected chi connectivity index (χ1v) is 6.70. The number of carbonyl (C=O) groups excluding carboxylic acids is 1.